The highest BCUT2D eigenvalue weighted by atomic mass is 35.5. The molecule has 0 N–H and O–H groups in total. The van der Waals surface area contributed by atoms with E-state index in [0.717, 1.165) is 25.7 Å². The molecule has 0 radical (unpaired) electrons. The number of amides is 2. The van der Waals surface area contributed by atoms with Crippen molar-refractivity contribution in [1.82, 2.24) is 4.90 Å². The Balaban J connectivity index is 2.32. The van der Waals surface area contributed by atoms with Crippen LogP contribution in [0.15, 0.2) is 0 Å². The number of likely N-dealkylation sites (tertiary alicyclic amines) is 1. The molecule has 0 aromatic rings. The Kier molecular flexibility index (Phi) is 5.26. The van der Waals surface area contributed by atoms with Gasteiger partial charge in [-0.3, -0.25) is 14.5 Å². The summed E-state index contributed by atoms with van der Waals surface area (Å²) >= 11 is 5.57. The Bertz CT molecular complexity index is 248. The molecule has 1 aliphatic heterocycles. The summed E-state index contributed by atoms with van der Waals surface area (Å²) in [6.45, 7) is 4.24. The van der Waals surface area contributed by atoms with Crippen LogP contribution in [0.25, 0.3) is 0 Å². The number of hydrogen-bond donors (Lipinski definition) is 0. The molecule has 1 rings (SSSR count). The van der Waals surface area contributed by atoms with Crippen LogP contribution < -0.4 is 0 Å². The van der Waals surface area contributed by atoms with Gasteiger partial charge >= 0.3 is 0 Å². The van der Waals surface area contributed by atoms with Gasteiger partial charge in [0.1, 0.15) is 0 Å². The van der Waals surface area contributed by atoms with Crippen LogP contribution in [-0.4, -0.2) is 29.1 Å². The first-order chi connectivity index (χ1) is 7.59. The smallest absolute Gasteiger partial charge is 0.232 e. The molecule has 1 heterocycles. The highest BCUT2D eigenvalue weighted by molar-refractivity contribution is 6.17. The second-order valence-electron chi connectivity index (χ2n) is 4.51. The number of alkyl halides is 1. The van der Waals surface area contributed by atoms with E-state index >= 15 is 0 Å². The van der Waals surface area contributed by atoms with Gasteiger partial charge in [-0.1, -0.05) is 26.7 Å². The maximum Gasteiger partial charge on any atom is 0.232 e. The number of carbonyl (C=O) groups excluding carboxylic acids is 2. The fourth-order valence-corrected chi connectivity index (χ4v) is 2.16. The standard InChI is InChI=1S/C12H20ClNO2/c1-9-10(2)12(16)14(11(9)15)8-6-4-3-5-7-13/h9-10H,3-8H2,1-2H3. The number of halogens is 1. The molecule has 0 aliphatic carbocycles. The summed E-state index contributed by atoms with van der Waals surface area (Å²) in [5.41, 5.74) is 0. The zero-order valence-electron chi connectivity index (χ0n) is 10.0. The minimum atomic E-state index is -0.143. The maximum absolute atomic E-state index is 11.7. The summed E-state index contributed by atoms with van der Waals surface area (Å²) in [4.78, 5) is 24.9. The molecule has 2 amide bonds. The number of imide groups is 1. The van der Waals surface area contributed by atoms with Crippen molar-refractivity contribution in [3.63, 3.8) is 0 Å². The van der Waals surface area contributed by atoms with Crippen LogP contribution in [-0.2, 0) is 9.59 Å². The molecule has 0 bridgehead atoms. The van der Waals surface area contributed by atoms with Crippen LogP contribution in [0.1, 0.15) is 39.5 Å². The number of nitrogens with zero attached hydrogens (tertiary/aromatic N) is 1. The van der Waals surface area contributed by atoms with E-state index in [2.05, 4.69) is 0 Å². The van der Waals surface area contributed by atoms with Gasteiger partial charge in [-0.25, -0.2) is 0 Å². The number of hydrogen-bond acceptors (Lipinski definition) is 2. The lowest BCUT2D eigenvalue weighted by atomic mass is 10.00. The van der Waals surface area contributed by atoms with Crippen molar-refractivity contribution < 1.29 is 9.59 Å². The Hall–Kier alpha value is -0.570. The normalized spacial score (nSPS) is 25.6. The van der Waals surface area contributed by atoms with Gasteiger partial charge in [-0.2, -0.15) is 0 Å². The predicted octanol–water partition coefficient (Wildman–Crippen LogP) is 2.43. The topological polar surface area (TPSA) is 37.4 Å². The zero-order valence-corrected chi connectivity index (χ0v) is 10.8. The Morgan fingerprint density at radius 3 is 2.00 bits per heavy atom. The molecule has 0 spiro atoms. The molecular formula is C12H20ClNO2. The van der Waals surface area contributed by atoms with E-state index in [9.17, 15) is 9.59 Å². The van der Waals surface area contributed by atoms with Gasteiger partial charge in [0.2, 0.25) is 11.8 Å². The van der Waals surface area contributed by atoms with Crippen LogP contribution in [0.3, 0.4) is 0 Å². The lowest BCUT2D eigenvalue weighted by Gasteiger charge is -2.13. The Morgan fingerprint density at radius 2 is 1.50 bits per heavy atom. The van der Waals surface area contributed by atoms with E-state index in [0.29, 0.717) is 12.4 Å². The molecule has 1 aliphatic rings. The van der Waals surface area contributed by atoms with Crippen molar-refractivity contribution in [3.05, 3.63) is 0 Å². The molecule has 1 saturated heterocycles. The van der Waals surface area contributed by atoms with E-state index in [4.69, 9.17) is 11.6 Å². The predicted molar refractivity (Wildman–Crippen MR) is 64.2 cm³/mol. The molecular weight excluding hydrogens is 226 g/mol. The van der Waals surface area contributed by atoms with Crippen molar-refractivity contribution >= 4 is 23.4 Å². The molecule has 4 heteroatoms. The largest absolute Gasteiger partial charge is 0.282 e. The van der Waals surface area contributed by atoms with Crippen molar-refractivity contribution in [3.8, 4) is 0 Å². The molecule has 0 saturated carbocycles. The average Bonchev–Trinajstić information content (AvgIpc) is 2.46. The van der Waals surface area contributed by atoms with E-state index < -0.39 is 0 Å². The highest BCUT2D eigenvalue weighted by Gasteiger charge is 2.41. The van der Waals surface area contributed by atoms with Crippen LogP contribution in [0.4, 0.5) is 0 Å². The third-order valence-corrected chi connectivity index (χ3v) is 3.59. The molecule has 3 nitrogen and oxygen atoms in total. The maximum atomic E-state index is 11.7. The van der Waals surface area contributed by atoms with E-state index in [1.54, 1.807) is 0 Å². The molecule has 1 fully saturated rings. The Morgan fingerprint density at radius 1 is 1.00 bits per heavy atom. The number of rotatable bonds is 6. The van der Waals surface area contributed by atoms with Crippen LogP contribution >= 0.6 is 11.6 Å². The van der Waals surface area contributed by atoms with E-state index in [1.807, 2.05) is 13.8 Å². The van der Waals surface area contributed by atoms with E-state index in [1.165, 1.54) is 4.90 Å². The fraction of sp³-hybridized carbons (Fsp3) is 0.833. The van der Waals surface area contributed by atoms with Crippen molar-refractivity contribution in [1.29, 1.82) is 0 Å². The summed E-state index contributed by atoms with van der Waals surface area (Å²) in [6.07, 6.45) is 4.02. The van der Waals surface area contributed by atoms with Gasteiger partial charge < -0.3 is 0 Å². The molecule has 0 aromatic heterocycles. The summed E-state index contributed by atoms with van der Waals surface area (Å²) in [5, 5.41) is 0. The fourth-order valence-electron chi connectivity index (χ4n) is 1.97. The van der Waals surface area contributed by atoms with Gasteiger partial charge in [0.25, 0.3) is 0 Å². The summed E-state index contributed by atoms with van der Waals surface area (Å²) in [7, 11) is 0. The zero-order chi connectivity index (χ0) is 12.1. The lowest BCUT2D eigenvalue weighted by Crippen LogP contribution is -2.31. The summed E-state index contributed by atoms with van der Waals surface area (Å²) in [5.74, 6) is 0.394. The average molecular weight is 246 g/mol. The van der Waals surface area contributed by atoms with Crippen LogP contribution in [0.2, 0.25) is 0 Å². The quantitative estimate of drug-likeness (QED) is 0.410. The van der Waals surface area contributed by atoms with Crippen molar-refractivity contribution in [2.75, 3.05) is 12.4 Å². The van der Waals surface area contributed by atoms with Gasteiger partial charge in [0.05, 0.1) is 0 Å². The van der Waals surface area contributed by atoms with Crippen molar-refractivity contribution in [2.45, 2.75) is 39.5 Å². The number of unbranched alkanes of at least 4 members (excludes halogenated alkanes) is 3. The third-order valence-electron chi connectivity index (χ3n) is 3.33. The van der Waals surface area contributed by atoms with Gasteiger partial charge in [0.15, 0.2) is 0 Å². The van der Waals surface area contributed by atoms with Gasteiger partial charge in [-0.05, 0) is 12.8 Å². The summed E-state index contributed by atoms with van der Waals surface area (Å²) in [6, 6.07) is 0. The van der Waals surface area contributed by atoms with Gasteiger partial charge in [0, 0.05) is 24.3 Å². The first kappa shape index (κ1) is 13.5. The third kappa shape index (κ3) is 2.97. The minimum Gasteiger partial charge on any atom is -0.282 e. The molecule has 16 heavy (non-hydrogen) atoms. The highest BCUT2D eigenvalue weighted by Crippen LogP contribution is 2.25. The van der Waals surface area contributed by atoms with Crippen LogP contribution in [0.5, 0.6) is 0 Å². The minimum absolute atomic E-state index is 0.00477. The number of carbonyl (C=O) groups is 2. The molecule has 2 atom stereocenters. The molecule has 92 valence electrons. The van der Waals surface area contributed by atoms with Crippen molar-refractivity contribution in [2.24, 2.45) is 11.8 Å². The second kappa shape index (κ2) is 6.24. The second-order valence-corrected chi connectivity index (χ2v) is 4.89. The monoisotopic (exact) mass is 245 g/mol. The lowest BCUT2D eigenvalue weighted by molar-refractivity contribution is -0.139. The molecule has 0 aromatic carbocycles. The summed E-state index contributed by atoms with van der Waals surface area (Å²) < 4.78 is 0. The first-order valence-corrected chi connectivity index (χ1v) is 6.54. The Labute approximate surface area is 102 Å². The van der Waals surface area contributed by atoms with Gasteiger partial charge in [-0.15, -0.1) is 11.6 Å². The van der Waals surface area contributed by atoms with E-state index in [-0.39, 0.29) is 23.7 Å². The first-order valence-electron chi connectivity index (χ1n) is 6.00. The SMILES string of the molecule is CC1C(=O)N(CCCCCCCl)C(=O)C1C. The van der Waals surface area contributed by atoms with Crippen LogP contribution in [0, 0.1) is 11.8 Å². The molecule has 2 unspecified atom stereocenters.